The Morgan fingerprint density at radius 3 is 2.62 bits per heavy atom. The number of hydrogen-bond acceptors (Lipinski definition) is 3. The van der Waals surface area contributed by atoms with Gasteiger partial charge in [-0.3, -0.25) is 0 Å². The highest BCUT2D eigenvalue weighted by molar-refractivity contribution is 9.11. The summed E-state index contributed by atoms with van der Waals surface area (Å²) in [5.74, 6) is 0.509. The molecule has 0 radical (unpaired) electrons. The highest BCUT2D eigenvalue weighted by Crippen LogP contribution is 2.29. The van der Waals surface area contributed by atoms with Crippen LogP contribution in [0.25, 0.3) is 0 Å². The van der Waals surface area contributed by atoms with Crippen LogP contribution in [-0.4, -0.2) is 31.1 Å². The maximum absolute atomic E-state index is 5.90. The summed E-state index contributed by atoms with van der Waals surface area (Å²) in [6, 6.07) is 4.33. The fourth-order valence-corrected chi connectivity index (χ4v) is 3.81. The fourth-order valence-electron chi connectivity index (χ4n) is 2.28. The molecule has 1 saturated heterocycles. The van der Waals surface area contributed by atoms with Crippen LogP contribution in [0.2, 0.25) is 0 Å². The first-order valence-corrected chi connectivity index (χ1v) is 7.58. The van der Waals surface area contributed by atoms with Gasteiger partial charge < -0.3 is 10.6 Å². The Balaban J connectivity index is 1.94. The molecule has 1 unspecified atom stereocenters. The van der Waals surface area contributed by atoms with Crippen molar-refractivity contribution in [2.24, 2.45) is 5.73 Å². The quantitative estimate of drug-likeness (QED) is 0.926. The van der Waals surface area contributed by atoms with E-state index in [4.69, 9.17) is 5.73 Å². The number of nitrogens with zero attached hydrogens (tertiary/aromatic N) is 1. The second kappa shape index (κ2) is 6.15. The van der Waals surface area contributed by atoms with E-state index in [1.54, 1.807) is 0 Å². The molecular weight excluding hydrogens is 284 g/mol. The number of likely N-dealkylation sites (tertiary alicyclic amines) is 1. The Bertz CT molecular complexity index is 321. The van der Waals surface area contributed by atoms with Crippen molar-refractivity contribution in [3.63, 3.8) is 0 Å². The van der Waals surface area contributed by atoms with E-state index in [0.29, 0.717) is 5.92 Å². The molecule has 2 nitrogen and oxygen atoms in total. The topological polar surface area (TPSA) is 29.3 Å². The zero-order chi connectivity index (χ0) is 11.4. The number of nitrogens with two attached hydrogens (primary N) is 1. The van der Waals surface area contributed by atoms with Crippen LogP contribution in [-0.2, 0) is 0 Å². The van der Waals surface area contributed by atoms with E-state index in [1.165, 1.54) is 41.0 Å². The zero-order valence-corrected chi connectivity index (χ0v) is 11.9. The van der Waals surface area contributed by atoms with Gasteiger partial charge >= 0.3 is 0 Å². The molecule has 0 bridgehead atoms. The lowest BCUT2D eigenvalue weighted by molar-refractivity contribution is 0.217. The van der Waals surface area contributed by atoms with Crippen molar-refractivity contribution in [2.75, 3.05) is 26.2 Å². The van der Waals surface area contributed by atoms with Gasteiger partial charge in [-0.25, -0.2) is 0 Å². The normalized spacial score (nSPS) is 19.9. The molecule has 0 amide bonds. The Morgan fingerprint density at radius 1 is 1.31 bits per heavy atom. The molecular formula is C12H19BrN2S. The van der Waals surface area contributed by atoms with Gasteiger partial charge in [0, 0.05) is 23.9 Å². The fraction of sp³-hybridized carbons (Fsp3) is 0.667. The van der Waals surface area contributed by atoms with E-state index in [1.807, 2.05) is 11.3 Å². The van der Waals surface area contributed by atoms with Gasteiger partial charge in [-0.1, -0.05) is 6.42 Å². The van der Waals surface area contributed by atoms with E-state index in [-0.39, 0.29) is 0 Å². The van der Waals surface area contributed by atoms with Gasteiger partial charge in [-0.05, 0) is 54.0 Å². The minimum absolute atomic E-state index is 0.509. The third-order valence-corrected chi connectivity index (χ3v) is 4.99. The summed E-state index contributed by atoms with van der Waals surface area (Å²) in [5.41, 5.74) is 5.90. The third-order valence-electron chi connectivity index (χ3n) is 3.21. The smallest absolute Gasteiger partial charge is 0.0701 e. The minimum Gasteiger partial charge on any atom is -0.330 e. The van der Waals surface area contributed by atoms with Crippen LogP contribution in [0.4, 0.5) is 0 Å². The van der Waals surface area contributed by atoms with Crippen LogP contribution < -0.4 is 5.73 Å². The lowest BCUT2D eigenvalue weighted by atomic mass is 10.0. The second-order valence-electron chi connectivity index (χ2n) is 4.44. The van der Waals surface area contributed by atoms with E-state index in [9.17, 15) is 0 Å². The highest BCUT2D eigenvalue weighted by atomic mass is 79.9. The summed E-state index contributed by atoms with van der Waals surface area (Å²) < 4.78 is 1.21. The molecule has 2 heterocycles. The van der Waals surface area contributed by atoms with Crippen LogP contribution in [0, 0.1) is 0 Å². The van der Waals surface area contributed by atoms with Crippen molar-refractivity contribution >= 4 is 27.3 Å². The van der Waals surface area contributed by atoms with Crippen molar-refractivity contribution in [1.29, 1.82) is 0 Å². The van der Waals surface area contributed by atoms with Crippen LogP contribution in [0.3, 0.4) is 0 Å². The predicted molar refractivity (Wildman–Crippen MR) is 74.1 cm³/mol. The summed E-state index contributed by atoms with van der Waals surface area (Å²) >= 11 is 5.34. The molecule has 16 heavy (non-hydrogen) atoms. The van der Waals surface area contributed by atoms with Gasteiger partial charge in [0.05, 0.1) is 3.79 Å². The van der Waals surface area contributed by atoms with Gasteiger partial charge in [0.15, 0.2) is 0 Å². The van der Waals surface area contributed by atoms with Crippen molar-refractivity contribution in [2.45, 2.75) is 25.2 Å². The molecule has 1 aromatic rings. The lowest BCUT2D eigenvalue weighted by Gasteiger charge is -2.29. The van der Waals surface area contributed by atoms with E-state index >= 15 is 0 Å². The molecule has 1 aromatic heterocycles. The van der Waals surface area contributed by atoms with Crippen LogP contribution in [0.15, 0.2) is 15.9 Å². The Morgan fingerprint density at radius 2 is 2.06 bits per heavy atom. The summed E-state index contributed by atoms with van der Waals surface area (Å²) in [6.07, 6.45) is 4.10. The summed E-state index contributed by atoms with van der Waals surface area (Å²) in [7, 11) is 0. The van der Waals surface area contributed by atoms with Crippen LogP contribution in [0.1, 0.15) is 30.1 Å². The average Bonchev–Trinajstić information content (AvgIpc) is 2.74. The van der Waals surface area contributed by atoms with Crippen LogP contribution >= 0.6 is 27.3 Å². The number of hydrogen-bond donors (Lipinski definition) is 1. The number of piperidine rings is 1. The van der Waals surface area contributed by atoms with E-state index in [0.717, 1.165) is 13.1 Å². The summed E-state index contributed by atoms with van der Waals surface area (Å²) in [4.78, 5) is 3.98. The number of thiophene rings is 1. The first-order valence-electron chi connectivity index (χ1n) is 5.97. The number of halogens is 1. The van der Waals surface area contributed by atoms with Crippen molar-refractivity contribution in [3.05, 3.63) is 20.8 Å². The lowest BCUT2D eigenvalue weighted by Crippen LogP contribution is -2.35. The first kappa shape index (κ1) is 12.6. The summed E-state index contributed by atoms with van der Waals surface area (Å²) in [6.45, 7) is 4.39. The van der Waals surface area contributed by atoms with Gasteiger partial charge in [0.2, 0.25) is 0 Å². The maximum Gasteiger partial charge on any atom is 0.0701 e. The highest BCUT2D eigenvalue weighted by Gasteiger charge is 2.18. The van der Waals surface area contributed by atoms with Crippen molar-refractivity contribution in [3.8, 4) is 0 Å². The van der Waals surface area contributed by atoms with Gasteiger partial charge in [-0.15, -0.1) is 11.3 Å². The molecule has 4 heteroatoms. The maximum atomic E-state index is 5.90. The molecule has 1 fully saturated rings. The van der Waals surface area contributed by atoms with Gasteiger partial charge in [0.1, 0.15) is 0 Å². The van der Waals surface area contributed by atoms with Crippen molar-refractivity contribution < 1.29 is 0 Å². The summed E-state index contributed by atoms with van der Waals surface area (Å²) in [5, 5.41) is 0. The van der Waals surface area contributed by atoms with Crippen LogP contribution in [0.5, 0.6) is 0 Å². The van der Waals surface area contributed by atoms with Gasteiger partial charge in [0.25, 0.3) is 0 Å². The molecule has 0 aromatic carbocycles. The monoisotopic (exact) mass is 302 g/mol. The Labute approximate surface area is 110 Å². The molecule has 2 N–H and O–H groups in total. The molecule has 0 saturated carbocycles. The molecule has 2 rings (SSSR count). The first-order chi connectivity index (χ1) is 7.79. The Hall–Kier alpha value is 0.1000. The molecule has 90 valence electrons. The average molecular weight is 303 g/mol. The van der Waals surface area contributed by atoms with Gasteiger partial charge in [-0.2, -0.15) is 0 Å². The predicted octanol–water partition coefficient (Wildman–Crippen LogP) is 3.04. The number of rotatable bonds is 4. The standard InChI is InChI=1S/C12H19BrN2S/c13-12-5-4-11(16-12)10(8-14)9-15-6-2-1-3-7-15/h4-5,10H,1-3,6-9,14H2. The van der Waals surface area contributed by atoms with Crippen molar-refractivity contribution in [1.82, 2.24) is 4.90 Å². The SMILES string of the molecule is NCC(CN1CCCCC1)c1ccc(Br)s1. The molecule has 1 atom stereocenters. The molecule has 0 spiro atoms. The molecule has 1 aliphatic rings. The zero-order valence-electron chi connectivity index (χ0n) is 9.49. The largest absolute Gasteiger partial charge is 0.330 e. The molecule has 0 aliphatic carbocycles. The third kappa shape index (κ3) is 3.29. The molecule has 1 aliphatic heterocycles. The second-order valence-corrected chi connectivity index (χ2v) is 6.93. The van der Waals surface area contributed by atoms with E-state index in [2.05, 4.69) is 33.0 Å². The van der Waals surface area contributed by atoms with E-state index < -0.39 is 0 Å². The Kier molecular flexibility index (Phi) is 4.82. The minimum atomic E-state index is 0.509.